The second-order valence-electron chi connectivity index (χ2n) is 6.23. The third-order valence-corrected chi connectivity index (χ3v) is 5.86. The van der Waals surface area contributed by atoms with Crippen LogP contribution in [0.5, 0.6) is 0 Å². The van der Waals surface area contributed by atoms with Crippen molar-refractivity contribution in [2.75, 3.05) is 0 Å². The number of sulfonamides is 1. The monoisotopic (exact) mass is 311 g/mol. The van der Waals surface area contributed by atoms with Gasteiger partial charge >= 0.3 is 0 Å². The molecule has 0 aromatic heterocycles. The van der Waals surface area contributed by atoms with Crippen LogP contribution in [0.2, 0.25) is 0 Å². The van der Waals surface area contributed by atoms with E-state index in [-0.39, 0.29) is 17.5 Å². The summed E-state index contributed by atoms with van der Waals surface area (Å²) in [7, 11) is -3.52. The summed E-state index contributed by atoms with van der Waals surface area (Å²) >= 11 is 0. The zero-order valence-corrected chi connectivity index (χ0v) is 13.6. The van der Waals surface area contributed by atoms with Gasteiger partial charge in [-0.3, -0.25) is 0 Å². The van der Waals surface area contributed by atoms with Crippen molar-refractivity contribution in [2.24, 2.45) is 11.8 Å². The van der Waals surface area contributed by atoms with Gasteiger partial charge in [-0.2, -0.15) is 0 Å². The number of hydrogen-bond acceptors (Lipinski definition) is 3. The van der Waals surface area contributed by atoms with Gasteiger partial charge in [0.25, 0.3) is 0 Å². The van der Waals surface area contributed by atoms with Crippen molar-refractivity contribution in [3.8, 4) is 0 Å². The zero-order valence-electron chi connectivity index (χ0n) is 12.7. The minimum atomic E-state index is -3.52. The normalized spacial score (nSPS) is 23.4. The molecule has 2 N–H and O–H groups in total. The Morgan fingerprint density at radius 3 is 2.67 bits per heavy atom. The Hall–Kier alpha value is -0.910. The first-order valence-corrected chi connectivity index (χ1v) is 9.14. The van der Waals surface area contributed by atoms with E-state index in [1.54, 1.807) is 18.2 Å². The van der Waals surface area contributed by atoms with Gasteiger partial charge in [-0.25, -0.2) is 13.1 Å². The number of hydrogen-bond donors (Lipinski definition) is 2. The summed E-state index contributed by atoms with van der Waals surface area (Å²) in [5.41, 5.74) is 0.613. The topological polar surface area (TPSA) is 66.4 Å². The summed E-state index contributed by atoms with van der Waals surface area (Å²) in [6.07, 6.45) is 4.25. The molecule has 4 nitrogen and oxygen atoms in total. The number of aliphatic hydroxyl groups is 1. The molecule has 1 aliphatic carbocycles. The second-order valence-corrected chi connectivity index (χ2v) is 7.94. The molecule has 0 heterocycles. The molecule has 5 heteroatoms. The van der Waals surface area contributed by atoms with Gasteiger partial charge < -0.3 is 5.11 Å². The number of aliphatic hydroxyl groups excluding tert-OH is 1. The van der Waals surface area contributed by atoms with Crippen molar-refractivity contribution in [3.63, 3.8) is 0 Å². The highest BCUT2D eigenvalue weighted by Gasteiger charge is 2.31. The average Bonchev–Trinajstić information content (AvgIpc) is 2.47. The van der Waals surface area contributed by atoms with E-state index in [2.05, 4.69) is 18.6 Å². The Balaban J connectivity index is 2.19. The quantitative estimate of drug-likeness (QED) is 0.878. The van der Waals surface area contributed by atoms with Crippen LogP contribution in [0.4, 0.5) is 0 Å². The van der Waals surface area contributed by atoms with Gasteiger partial charge in [-0.15, -0.1) is 0 Å². The molecule has 2 atom stereocenters. The van der Waals surface area contributed by atoms with Crippen LogP contribution >= 0.6 is 0 Å². The Bertz CT molecular complexity index is 569. The highest BCUT2D eigenvalue weighted by molar-refractivity contribution is 7.89. The molecule has 2 rings (SSSR count). The van der Waals surface area contributed by atoms with E-state index in [9.17, 15) is 8.42 Å². The van der Waals surface area contributed by atoms with Crippen LogP contribution in [-0.4, -0.2) is 19.6 Å². The summed E-state index contributed by atoms with van der Waals surface area (Å²) in [5.74, 6) is 0.872. The molecular weight excluding hydrogens is 286 g/mol. The predicted octanol–water partition coefficient (Wildman–Crippen LogP) is 2.67. The van der Waals surface area contributed by atoms with Gasteiger partial charge in [-0.1, -0.05) is 38.8 Å². The molecule has 0 bridgehead atoms. The van der Waals surface area contributed by atoms with Crippen molar-refractivity contribution < 1.29 is 13.5 Å². The summed E-state index contributed by atoms with van der Waals surface area (Å²) in [6.45, 7) is 4.16. The lowest BCUT2D eigenvalue weighted by Gasteiger charge is -2.34. The molecule has 0 amide bonds. The molecule has 1 fully saturated rings. The van der Waals surface area contributed by atoms with Gasteiger partial charge in [-0.05, 0) is 42.4 Å². The molecule has 1 aromatic rings. The van der Waals surface area contributed by atoms with Crippen molar-refractivity contribution in [2.45, 2.75) is 57.1 Å². The maximum absolute atomic E-state index is 12.5. The van der Waals surface area contributed by atoms with Gasteiger partial charge in [0.2, 0.25) is 10.0 Å². The molecule has 118 valence electrons. The van der Waals surface area contributed by atoms with E-state index in [0.29, 0.717) is 17.4 Å². The lowest BCUT2D eigenvalue weighted by molar-refractivity contribution is 0.226. The summed E-state index contributed by atoms with van der Waals surface area (Å²) in [6, 6.07) is 6.52. The van der Waals surface area contributed by atoms with Gasteiger partial charge in [0, 0.05) is 6.04 Å². The minimum absolute atomic E-state index is 0.0153. The molecule has 1 aromatic carbocycles. The molecule has 0 radical (unpaired) electrons. The Kier molecular flexibility index (Phi) is 5.41. The Labute approximate surface area is 127 Å². The first kappa shape index (κ1) is 16.5. The predicted molar refractivity (Wildman–Crippen MR) is 83.3 cm³/mol. The Morgan fingerprint density at radius 2 is 2.00 bits per heavy atom. The van der Waals surface area contributed by atoms with Crippen LogP contribution in [0.3, 0.4) is 0 Å². The maximum Gasteiger partial charge on any atom is 0.240 e. The highest BCUT2D eigenvalue weighted by atomic mass is 32.2. The van der Waals surface area contributed by atoms with Crippen LogP contribution in [0, 0.1) is 11.8 Å². The van der Waals surface area contributed by atoms with E-state index < -0.39 is 10.0 Å². The SMILES string of the molecule is CC(C)C1CCCCC1NS(=O)(=O)c1cccc(CO)c1. The third-order valence-electron chi connectivity index (χ3n) is 4.37. The van der Waals surface area contributed by atoms with Crippen molar-refractivity contribution in [1.29, 1.82) is 0 Å². The number of rotatable bonds is 5. The average molecular weight is 311 g/mol. The smallest absolute Gasteiger partial charge is 0.240 e. The Morgan fingerprint density at radius 1 is 1.29 bits per heavy atom. The van der Waals surface area contributed by atoms with Crippen molar-refractivity contribution in [1.82, 2.24) is 4.72 Å². The molecule has 2 unspecified atom stereocenters. The van der Waals surface area contributed by atoms with Gasteiger partial charge in [0.1, 0.15) is 0 Å². The molecule has 1 saturated carbocycles. The fourth-order valence-electron chi connectivity index (χ4n) is 3.18. The molecule has 21 heavy (non-hydrogen) atoms. The highest BCUT2D eigenvalue weighted by Crippen LogP contribution is 2.31. The molecular formula is C16H25NO3S. The second kappa shape index (κ2) is 6.90. The van der Waals surface area contributed by atoms with Gasteiger partial charge in [0.05, 0.1) is 11.5 Å². The van der Waals surface area contributed by atoms with Crippen LogP contribution in [0.25, 0.3) is 0 Å². The fraction of sp³-hybridized carbons (Fsp3) is 0.625. The summed E-state index contributed by atoms with van der Waals surface area (Å²) in [4.78, 5) is 0.238. The summed E-state index contributed by atoms with van der Waals surface area (Å²) < 4.78 is 28.0. The lowest BCUT2D eigenvalue weighted by atomic mass is 9.78. The lowest BCUT2D eigenvalue weighted by Crippen LogP contribution is -2.43. The van der Waals surface area contributed by atoms with Crippen LogP contribution < -0.4 is 4.72 Å². The number of nitrogens with one attached hydrogen (secondary N) is 1. The summed E-state index contributed by atoms with van der Waals surface area (Å²) in [5, 5.41) is 9.15. The van der Waals surface area contributed by atoms with E-state index in [0.717, 1.165) is 19.3 Å². The van der Waals surface area contributed by atoms with Gasteiger partial charge in [0.15, 0.2) is 0 Å². The van der Waals surface area contributed by atoms with E-state index in [1.807, 2.05) is 0 Å². The maximum atomic E-state index is 12.5. The van der Waals surface area contributed by atoms with Crippen LogP contribution in [0.1, 0.15) is 45.1 Å². The third kappa shape index (κ3) is 4.05. The fourth-order valence-corrected chi connectivity index (χ4v) is 4.57. The van der Waals surface area contributed by atoms with Crippen molar-refractivity contribution in [3.05, 3.63) is 29.8 Å². The van der Waals surface area contributed by atoms with E-state index >= 15 is 0 Å². The largest absolute Gasteiger partial charge is 0.392 e. The molecule has 0 saturated heterocycles. The molecule has 1 aliphatic rings. The first-order chi connectivity index (χ1) is 9.94. The standard InChI is InChI=1S/C16H25NO3S/c1-12(2)15-8-3-4-9-16(15)17-21(19,20)14-7-5-6-13(10-14)11-18/h5-7,10,12,15-18H,3-4,8-9,11H2,1-2H3. The molecule has 0 spiro atoms. The van der Waals surface area contributed by atoms with E-state index in [1.165, 1.54) is 12.5 Å². The number of benzene rings is 1. The van der Waals surface area contributed by atoms with E-state index in [4.69, 9.17) is 5.11 Å². The molecule has 0 aliphatic heterocycles. The first-order valence-electron chi connectivity index (χ1n) is 7.66. The van der Waals surface area contributed by atoms with Crippen LogP contribution in [-0.2, 0) is 16.6 Å². The zero-order chi connectivity index (χ0) is 15.5. The van der Waals surface area contributed by atoms with Crippen molar-refractivity contribution >= 4 is 10.0 Å². The van der Waals surface area contributed by atoms with Crippen LogP contribution in [0.15, 0.2) is 29.2 Å². The minimum Gasteiger partial charge on any atom is -0.392 e.